The summed E-state index contributed by atoms with van der Waals surface area (Å²) in [5.74, 6) is 0.0774. The summed E-state index contributed by atoms with van der Waals surface area (Å²) < 4.78 is 0. The van der Waals surface area contributed by atoms with E-state index in [0.29, 0.717) is 18.9 Å². The van der Waals surface area contributed by atoms with Crippen LogP contribution >= 0.6 is 0 Å². The minimum absolute atomic E-state index is 0.0774. The molecule has 0 aliphatic carbocycles. The zero-order valence-electron chi connectivity index (χ0n) is 8.83. The molecular weight excluding hydrogens is 180 g/mol. The van der Waals surface area contributed by atoms with E-state index in [9.17, 15) is 4.79 Å². The van der Waals surface area contributed by atoms with E-state index in [2.05, 4.69) is 17.3 Å². The van der Waals surface area contributed by atoms with Crippen molar-refractivity contribution in [3.63, 3.8) is 0 Å². The van der Waals surface area contributed by atoms with Crippen molar-refractivity contribution in [3.05, 3.63) is 0 Å². The van der Waals surface area contributed by atoms with Crippen molar-refractivity contribution in [3.8, 4) is 0 Å². The van der Waals surface area contributed by atoms with Crippen LogP contribution in [-0.4, -0.2) is 48.7 Å². The molecular formula is C10H20N2O2. The minimum atomic E-state index is 0.0774. The normalized spacial score (nSPS) is 19.6. The van der Waals surface area contributed by atoms with Crippen LogP contribution in [0.3, 0.4) is 0 Å². The standard InChI is InChI=1S/C10H20N2O2/c1-12-6-4-9(5-7-12)11-10(14)3-2-8-13/h9,13H,2-8H2,1H3,(H,11,14). The number of nitrogens with one attached hydrogen (secondary N) is 1. The van der Waals surface area contributed by atoms with Crippen molar-refractivity contribution in [2.75, 3.05) is 26.7 Å². The van der Waals surface area contributed by atoms with Gasteiger partial charge < -0.3 is 15.3 Å². The van der Waals surface area contributed by atoms with Crippen LogP contribution in [-0.2, 0) is 4.79 Å². The monoisotopic (exact) mass is 200 g/mol. The van der Waals surface area contributed by atoms with Crippen molar-refractivity contribution in [1.82, 2.24) is 10.2 Å². The second-order valence-corrected chi connectivity index (χ2v) is 3.97. The quantitative estimate of drug-likeness (QED) is 0.670. The Kier molecular flexibility index (Phi) is 4.90. The summed E-state index contributed by atoms with van der Waals surface area (Å²) in [6, 6.07) is 0.345. The van der Waals surface area contributed by atoms with Gasteiger partial charge in [0.1, 0.15) is 0 Å². The number of hydrogen-bond donors (Lipinski definition) is 2. The predicted molar refractivity (Wildman–Crippen MR) is 55.0 cm³/mol. The third-order valence-corrected chi connectivity index (χ3v) is 2.65. The third-order valence-electron chi connectivity index (χ3n) is 2.65. The molecule has 1 saturated heterocycles. The lowest BCUT2D eigenvalue weighted by atomic mass is 10.1. The number of carbonyl (C=O) groups is 1. The summed E-state index contributed by atoms with van der Waals surface area (Å²) in [5, 5.41) is 11.6. The fraction of sp³-hybridized carbons (Fsp3) is 0.900. The van der Waals surface area contributed by atoms with E-state index >= 15 is 0 Å². The van der Waals surface area contributed by atoms with Crippen molar-refractivity contribution in [1.29, 1.82) is 0 Å². The molecule has 4 heteroatoms. The Morgan fingerprint density at radius 3 is 2.71 bits per heavy atom. The average Bonchev–Trinajstić information content (AvgIpc) is 2.18. The zero-order valence-corrected chi connectivity index (χ0v) is 8.83. The van der Waals surface area contributed by atoms with E-state index in [1.54, 1.807) is 0 Å². The lowest BCUT2D eigenvalue weighted by molar-refractivity contribution is -0.122. The Labute approximate surface area is 85.3 Å². The van der Waals surface area contributed by atoms with Gasteiger partial charge in [-0.1, -0.05) is 0 Å². The van der Waals surface area contributed by atoms with Crippen LogP contribution < -0.4 is 5.32 Å². The first-order valence-corrected chi connectivity index (χ1v) is 5.31. The predicted octanol–water partition coefficient (Wildman–Crippen LogP) is -0.0307. The molecule has 1 aliphatic rings. The van der Waals surface area contributed by atoms with Crippen molar-refractivity contribution < 1.29 is 9.90 Å². The smallest absolute Gasteiger partial charge is 0.220 e. The van der Waals surface area contributed by atoms with Gasteiger partial charge in [0.25, 0.3) is 0 Å². The van der Waals surface area contributed by atoms with Gasteiger partial charge in [-0.3, -0.25) is 4.79 Å². The Hall–Kier alpha value is -0.610. The highest BCUT2D eigenvalue weighted by Crippen LogP contribution is 2.08. The lowest BCUT2D eigenvalue weighted by Gasteiger charge is -2.29. The molecule has 1 aliphatic heterocycles. The summed E-state index contributed by atoms with van der Waals surface area (Å²) in [4.78, 5) is 13.6. The van der Waals surface area contributed by atoms with Gasteiger partial charge >= 0.3 is 0 Å². The second kappa shape index (κ2) is 5.98. The van der Waals surface area contributed by atoms with Crippen LogP contribution in [0.1, 0.15) is 25.7 Å². The molecule has 0 unspecified atom stereocenters. The average molecular weight is 200 g/mol. The maximum atomic E-state index is 11.3. The van der Waals surface area contributed by atoms with Crippen LogP contribution in [0.4, 0.5) is 0 Å². The SMILES string of the molecule is CN1CCC(NC(=O)CCCO)CC1. The first-order valence-electron chi connectivity index (χ1n) is 5.31. The van der Waals surface area contributed by atoms with E-state index in [4.69, 9.17) is 5.11 Å². The lowest BCUT2D eigenvalue weighted by Crippen LogP contribution is -2.43. The van der Waals surface area contributed by atoms with Gasteiger partial charge in [-0.05, 0) is 39.4 Å². The molecule has 0 aromatic heterocycles. The summed E-state index contributed by atoms with van der Waals surface area (Å²) >= 11 is 0. The van der Waals surface area contributed by atoms with Crippen LogP contribution in [0.2, 0.25) is 0 Å². The first-order chi connectivity index (χ1) is 6.72. The Morgan fingerprint density at radius 1 is 1.50 bits per heavy atom. The molecule has 82 valence electrons. The maximum absolute atomic E-state index is 11.3. The number of rotatable bonds is 4. The zero-order chi connectivity index (χ0) is 10.4. The largest absolute Gasteiger partial charge is 0.396 e. The highest BCUT2D eigenvalue weighted by atomic mass is 16.3. The first kappa shape index (κ1) is 11.5. The number of likely N-dealkylation sites (tertiary alicyclic amines) is 1. The summed E-state index contributed by atoms with van der Waals surface area (Å²) in [7, 11) is 2.10. The molecule has 1 fully saturated rings. The molecule has 1 heterocycles. The molecule has 1 rings (SSSR count). The molecule has 0 aromatic carbocycles. The number of hydrogen-bond acceptors (Lipinski definition) is 3. The number of piperidine rings is 1. The molecule has 0 radical (unpaired) electrons. The topological polar surface area (TPSA) is 52.6 Å². The van der Waals surface area contributed by atoms with Gasteiger partial charge in [0, 0.05) is 19.1 Å². The van der Waals surface area contributed by atoms with Gasteiger partial charge in [-0.2, -0.15) is 0 Å². The highest BCUT2D eigenvalue weighted by Gasteiger charge is 2.17. The van der Waals surface area contributed by atoms with E-state index in [-0.39, 0.29) is 12.5 Å². The fourth-order valence-corrected chi connectivity index (χ4v) is 1.69. The number of aliphatic hydroxyl groups excluding tert-OH is 1. The van der Waals surface area contributed by atoms with Crippen molar-refractivity contribution >= 4 is 5.91 Å². The van der Waals surface area contributed by atoms with Crippen LogP contribution in [0.15, 0.2) is 0 Å². The van der Waals surface area contributed by atoms with Gasteiger partial charge in [-0.15, -0.1) is 0 Å². The Morgan fingerprint density at radius 2 is 2.14 bits per heavy atom. The highest BCUT2D eigenvalue weighted by molar-refractivity contribution is 5.76. The molecule has 14 heavy (non-hydrogen) atoms. The molecule has 0 spiro atoms. The number of nitrogens with zero attached hydrogens (tertiary/aromatic N) is 1. The van der Waals surface area contributed by atoms with Gasteiger partial charge in [0.2, 0.25) is 5.91 Å². The summed E-state index contributed by atoms with van der Waals surface area (Å²) in [6.07, 6.45) is 3.10. The van der Waals surface area contributed by atoms with Crippen LogP contribution in [0, 0.1) is 0 Å². The number of carbonyl (C=O) groups excluding carboxylic acids is 1. The minimum Gasteiger partial charge on any atom is -0.396 e. The Bertz CT molecular complexity index is 177. The third kappa shape index (κ3) is 4.07. The van der Waals surface area contributed by atoms with Crippen LogP contribution in [0.5, 0.6) is 0 Å². The number of aliphatic hydroxyl groups is 1. The van der Waals surface area contributed by atoms with Gasteiger partial charge in [0.05, 0.1) is 0 Å². The molecule has 1 amide bonds. The van der Waals surface area contributed by atoms with E-state index in [1.165, 1.54) is 0 Å². The van der Waals surface area contributed by atoms with Crippen molar-refractivity contribution in [2.45, 2.75) is 31.7 Å². The molecule has 0 aromatic rings. The fourth-order valence-electron chi connectivity index (χ4n) is 1.69. The van der Waals surface area contributed by atoms with Gasteiger partial charge in [0.15, 0.2) is 0 Å². The maximum Gasteiger partial charge on any atom is 0.220 e. The molecule has 4 nitrogen and oxygen atoms in total. The molecule has 2 N–H and O–H groups in total. The van der Waals surface area contributed by atoms with E-state index < -0.39 is 0 Å². The van der Waals surface area contributed by atoms with Crippen molar-refractivity contribution in [2.24, 2.45) is 0 Å². The molecule has 0 bridgehead atoms. The van der Waals surface area contributed by atoms with Crippen LogP contribution in [0.25, 0.3) is 0 Å². The second-order valence-electron chi connectivity index (χ2n) is 3.97. The number of amides is 1. The summed E-state index contributed by atoms with van der Waals surface area (Å²) in [5.41, 5.74) is 0. The summed E-state index contributed by atoms with van der Waals surface area (Å²) in [6.45, 7) is 2.22. The van der Waals surface area contributed by atoms with Gasteiger partial charge in [-0.25, -0.2) is 0 Å². The molecule has 0 saturated carbocycles. The van der Waals surface area contributed by atoms with E-state index in [1.807, 2.05) is 0 Å². The molecule has 0 atom stereocenters. The van der Waals surface area contributed by atoms with E-state index in [0.717, 1.165) is 25.9 Å². The Balaban J connectivity index is 2.14.